The first-order chi connectivity index (χ1) is 11.6. The van der Waals surface area contributed by atoms with Crippen molar-refractivity contribution in [3.63, 3.8) is 0 Å². The molecule has 0 amide bonds. The molecular formula is C20H25N3O. The molecule has 0 radical (unpaired) electrons. The van der Waals surface area contributed by atoms with Gasteiger partial charge in [-0.3, -0.25) is 4.68 Å². The lowest BCUT2D eigenvalue weighted by atomic mass is 9.99. The number of hydrogen-bond acceptors (Lipinski definition) is 3. The van der Waals surface area contributed by atoms with Crippen molar-refractivity contribution in [2.45, 2.75) is 32.7 Å². The highest BCUT2D eigenvalue weighted by Crippen LogP contribution is 2.28. The number of anilines is 1. The quantitative estimate of drug-likeness (QED) is 0.714. The number of methoxy groups -OCH3 is 1. The summed E-state index contributed by atoms with van der Waals surface area (Å²) in [6.45, 7) is 4.34. The van der Waals surface area contributed by atoms with E-state index in [1.54, 1.807) is 7.11 Å². The molecule has 2 aromatic carbocycles. The van der Waals surface area contributed by atoms with E-state index in [0.29, 0.717) is 0 Å². The van der Waals surface area contributed by atoms with Gasteiger partial charge in [0.05, 0.1) is 24.5 Å². The van der Waals surface area contributed by atoms with E-state index in [4.69, 9.17) is 4.74 Å². The van der Waals surface area contributed by atoms with Gasteiger partial charge in [-0.25, -0.2) is 0 Å². The molecule has 24 heavy (non-hydrogen) atoms. The van der Waals surface area contributed by atoms with E-state index in [9.17, 15) is 0 Å². The summed E-state index contributed by atoms with van der Waals surface area (Å²) >= 11 is 0. The van der Waals surface area contributed by atoms with Crippen molar-refractivity contribution < 1.29 is 4.74 Å². The first kappa shape index (κ1) is 16.4. The molecule has 0 aliphatic rings. The number of aryl methyl sites for hydroxylation is 2. The smallest absolute Gasteiger partial charge is 0.119 e. The molecule has 0 bridgehead atoms. The summed E-state index contributed by atoms with van der Waals surface area (Å²) in [5, 5.41) is 10.6. The van der Waals surface area contributed by atoms with Crippen LogP contribution in [0.4, 0.5) is 5.69 Å². The molecule has 3 aromatic rings. The highest BCUT2D eigenvalue weighted by Gasteiger charge is 2.14. The fourth-order valence-electron chi connectivity index (χ4n) is 3.11. The van der Waals surface area contributed by atoms with Gasteiger partial charge in [0.25, 0.3) is 0 Å². The van der Waals surface area contributed by atoms with Gasteiger partial charge in [-0.1, -0.05) is 32.0 Å². The van der Waals surface area contributed by atoms with Crippen molar-refractivity contribution in [2.75, 3.05) is 12.4 Å². The molecule has 3 rings (SSSR count). The Hall–Kier alpha value is -2.49. The van der Waals surface area contributed by atoms with Crippen molar-refractivity contribution >= 4 is 16.5 Å². The maximum atomic E-state index is 5.31. The van der Waals surface area contributed by atoms with Gasteiger partial charge in [-0.2, -0.15) is 5.10 Å². The number of benzene rings is 2. The maximum Gasteiger partial charge on any atom is 0.119 e. The molecule has 1 atom stereocenters. The molecule has 1 heterocycles. The van der Waals surface area contributed by atoms with E-state index >= 15 is 0 Å². The monoisotopic (exact) mass is 323 g/mol. The molecule has 0 saturated carbocycles. The topological polar surface area (TPSA) is 39.1 Å². The lowest BCUT2D eigenvalue weighted by Crippen LogP contribution is -2.10. The molecule has 0 fully saturated rings. The number of hydrogen-bond donors (Lipinski definition) is 1. The summed E-state index contributed by atoms with van der Waals surface area (Å²) in [6, 6.07) is 13.1. The van der Waals surface area contributed by atoms with Crippen LogP contribution in [0, 0.1) is 0 Å². The molecule has 4 nitrogen and oxygen atoms in total. The first-order valence-electron chi connectivity index (χ1n) is 8.51. The van der Waals surface area contributed by atoms with Gasteiger partial charge in [0.1, 0.15) is 5.75 Å². The summed E-state index contributed by atoms with van der Waals surface area (Å²) in [6.07, 6.45) is 4.00. The van der Waals surface area contributed by atoms with E-state index in [1.807, 2.05) is 17.8 Å². The van der Waals surface area contributed by atoms with Gasteiger partial charge >= 0.3 is 0 Å². The lowest BCUT2D eigenvalue weighted by Gasteiger charge is -2.19. The van der Waals surface area contributed by atoms with Crippen LogP contribution in [0.5, 0.6) is 5.75 Å². The molecule has 126 valence electrons. The molecule has 1 unspecified atom stereocenters. The van der Waals surface area contributed by atoms with Crippen LogP contribution in [-0.4, -0.2) is 16.9 Å². The zero-order chi connectivity index (χ0) is 17.1. The standard InChI is InChI=1S/C20H25N3O/c1-5-18(21-20-13-23(3)22-19(20)6-2)16-8-7-15-12-17(24-4)10-9-14(15)11-16/h7-13,18,21H,5-6H2,1-4H3. The van der Waals surface area contributed by atoms with E-state index in [-0.39, 0.29) is 6.04 Å². The van der Waals surface area contributed by atoms with Crippen LogP contribution in [0.3, 0.4) is 0 Å². The average Bonchev–Trinajstić information content (AvgIpc) is 2.98. The fraction of sp³-hybridized carbons (Fsp3) is 0.350. The van der Waals surface area contributed by atoms with Crippen LogP contribution >= 0.6 is 0 Å². The van der Waals surface area contributed by atoms with Crippen LogP contribution in [0.1, 0.15) is 37.6 Å². The van der Waals surface area contributed by atoms with Gasteiger partial charge < -0.3 is 10.1 Å². The molecule has 0 aliphatic carbocycles. The van der Waals surface area contributed by atoms with Crippen LogP contribution in [0.2, 0.25) is 0 Å². The Morgan fingerprint density at radius 1 is 1.12 bits per heavy atom. The van der Waals surface area contributed by atoms with Crippen LogP contribution < -0.4 is 10.1 Å². The van der Waals surface area contributed by atoms with Crippen molar-refractivity contribution in [3.05, 3.63) is 53.9 Å². The van der Waals surface area contributed by atoms with E-state index in [0.717, 1.165) is 30.0 Å². The predicted octanol–water partition coefficient (Wildman–Crippen LogP) is 4.71. The SMILES string of the molecule is CCc1nn(C)cc1NC(CC)c1ccc2cc(OC)ccc2c1. The Labute approximate surface area is 143 Å². The van der Waals surface area contributed by atoms with Crippen molar-refractivity contribution in [2.24, 2.45) is 7.05 Å². The summed E-state index contributed by atoms with van der Waals surface area (Å²) in [4.78, 5) is 0. The minimum atomic E-state index is 0.269. The average molecular weight is 323 g/mol. The first-order valence-corrected chi connectivity index (χ1v) is 8.51. The third-order valence-corrected chi connectivity index (χ3v) is 4.45. The molecule has 0 aliphatic heterocycles. The van der Waals surface area contributed by atoms with Crippen LogP contribution in [-0.2, 0) is 13.5 Å². The molecule has 0 spiro atoms. The van der Waals surface area contributed by atoms with Gasteiger partial charge in [0.2, 0.25) is 0 Å². The Bertz CT molecular complexity index is 838. The summed E-state index contributed by atoms with van der Waals surface area (Å²) < 4.78 is 7.18. The zero-order valence-corrected chi connectivity index (χ0v) is 14.8. The Morgan fingerprint density at radius 2 is 1.88 bits per heavy atom. The normalized spacial score (nSPS) is 12.3. The molecular weight excluding hydrogens is 298 g/mol. The summed E-state index contributed by atoms with van der Waals surface area (Å²) in [5.74, 6) is 0.892. The third-order valence-electron chi connectivity index (χ3n) is 4.45. The lowest BCUT2D eigenvalue weighted by molar-refractivity contribution is 0.415. The number of fused-ring (bicyclic) bond motifs is 1. The fourth-order valence-corrected chi connectivity index (χ4v) is 3.11. The molecule has 1 aromatic heterocycles. The van der Waals surface area contributed by atoms with Gasteiger partial charge in [0.15, 0.2) is 0 Å². The second-order valence-corrected chi connectivity index (χ2v) is 6.09. The van der Waals surface area contributed by atoms with E-state index < -0.39 is 0 Å². The van der Waals surface area contributed by atoms with Gasteiger partial charge in [-0.15, -0.1) is 0 Å². The highest BCUT2D eigenvalue weighted by atomic mass is 16.5. The molecule has 1 N–H and O–H groups in total. The number of nitrogens with one attached hydrogen (secondary N) is 1. The Balaban J connectivity index is 1.91. The molecule has 0 saturated heterocycles. The van der Waals surface area contributed by atoms with Gasteiger partial charge in [0, 0.05) is 13.2 Å². The number of nitrogens with zero attached hydrogens (tertiary/aromatic N) is 2. The Morgan fingerprint density at radius 3 is 2.58 bits per heavy atom. The third kappa shape index (κ3) is 3.23. The molecule has 4 heteroatoms. The number of aromatic nitrogens is 2. The second-order valence-electron chi connectivity index (χ2n) is 6.09. The minimum absolute atomic E-state index is 0.269. The van der Waals surface area contributed by atoms with Crippen molar-refractivity contribution in [1.29, 1.82) is 0 Å². The minimum Gasteiger partial charge on any atom is -0.497 e. The largest absolute Gasteiger partial charge is 0.497 e. The highest BCUT2D eigenvalue weighted by molar-refractivity contribution is 5.84. The van der Waals surface area contributed by atoms with Crippen LogP contribution in [0.15, 0.2) is 42.6 Å². The van der Waals surface area contributed by atoms with Crippen molar-refractivity contribution in [3.8, 4) is 5.75 Å². The van der Waals surface area contributed by atoms with E-state index in [1.165, 1.54) is 16.3 Å². The summed E-state index contributed by atoms with van der Waals surface area (Å²) in [7, 11) is 3.67. The predicted molar refractivity (Wildman–Crippen MR) is 99.7 cm³/mol. The number of rotatable bonds is 6. The summed E-state index contributed by atoms with van der Waals surface area (Å²) in [5.41, 5.74) is 3.53. The zero-order valence-electron chi connectivity index (χ0n) is 14.8. The Kier molecular flexibility index (Phi) is 4.74. The van der Waals surface area contributed by atoms with E-state index in [2.05, 4.69) is 60.8 Å². The van der Waals surface area contributed by atoms with Crippen LogP contribution in [0.25, 0.3) is 10.8 Å². The second kappa shape index (κ2) is 6.95. The number of ether oxygens (including phenoxy) is 1. The van der Waals surface area contributed by atoms with Gasteiger partial charge in [-0.05, 0) is 47.4 Å². The van der Waals surface area contributed by atoms with Crippen molar-refractivity contribution in [1.82, 2.24) is 9.78 Å². The maximum absolute atomic E-state index is 5.31.